The van der Waals surface area contributed by atoms with E-state index in [2.05, 4.69) is 4.74 Å². The van der Waals surface area contributed by atoms with Crippen molar-refractivity contribution < 1.29 is 27.1 Å². The third-order valence-corrected chi connectivity index (χ3v) is 2.63. The van der Waals surface area contributed by atoms with Gasteiger partial charge < -0.3 is 9.15 Å². The molecule has 0 saturated heterocycles. The zero-order valence-electron chi connectivity index (χ0n) is 11.2. The van der Waals surface area contributed by atoms with Gasteiger partial charge in [0, 0.05) is 10.8 Å². The molecule has 0 bridgehead atoms. The van der Waals surface area contributed by atoms with Gasteiger partial charge in [0.25, 0.3) is 0 Å². The first-order valence-corrected chi connectivity index (χ1v) is 5.90. The SMILES string of the molecule is CC(C)(C)C(=O)c1cc2cc(OC(F)(F)F)ccc2o1. The van der Waals surface area contributed by atoms with Crippen LogP contribution in [0, 0.1) is 5.41 Å². The minimum Gasteiger partial charge on any atom is -0.453 e. The Kier molecular flexibility index (Phi) is 3.28. The van der Waals surface area contributed by atoms with E-state index >= 15 is 0 Å². The number of carbonyl (C=O) groups is 1. The van der Waals surface area contributed by atoms with E-state index in [0.717, 1.165) is 6.07 Å². The molecule has 2 aromatic rings. The van der Waals surface area contributed by atoms with Crippen LogP contribution in [-0.4, -0.2) is 12.1 Å². The summed E-state index contributed by atoms with van der Waals surface area (Å²) in [6, 6.07) is 5.10. The summed E-state index contributed by atoms with van der Waals surface area (Å²) < 4.78 is 45.6. The highest BCUT2D eigenvalue weighted by Crippen LogP contribution is 2.30. The van der Waals surface area contributed by atoms with Gasteiger partial charge in [-0.25, -0.2) is 0 Å². The van der Waals surface area contributed by atoms with Crippen molar-refractivity contribution in [2.24, 2.45) is 5.41 Å². The summed E-state index contributed by atoms with van der Waals surface area (Å²) in [5, 5.41) is 0.388. The number of halogens is 3. The van der Waals surface area contributed by atoms with E-state index in [1.54, 1.807) is 20.8 Å². The van der Waals surface area contributed by atoms with E-state index in [9.17, 15) is 18.0 Å². The second-order valence-corrected chi connectivity index (χ2v) is 5.44. The van der Waals surface area contributed by atoms with Crippen LogP contribution in [0.5, 0.6) is 5.75 Å². The number of benzene rings is 1. The molecule has 0 aliphatic carbocycles. The van der Waals surface area contributed by atoms with Crippen molar-refractivity contribution in [3.05, 3.63) is 30.0 Å². The first-order valence-electron chi connectivity index (χ1n) is 5.90. The van der Waals surface area contributed by atoms with Crippen LogP contribution in [0.15, 0.2) is 28.7 Å². The van der Waals surface area contributed by atoms with Crippen LogP contribution >= 0.6 is 0 Å². The van der Waals surface area contributed by atoms with Crippen LogP contribution in [0.25, 0.3) is 11.0 Å². The monoisotopic (exact) mass is 286 g/mol. The van der Waals surface area contributed by atoms with E-state index in [4.69, 9.17) is 4.42 Å². The number of Topliss-reactive ketones (excluding diaryl/α,β-unsaturated/α-hetero) is 1. The van der Waals surface area contributed by atoms with Gasteiger partial charge >= 0.3 is 6.36 Å². The summed E-state index contributed by atoms with van der Waals surface area (Å²) in [4.78, 5) is 12.0. The summed E-state index contributed by atoms with van der Waals surface area (Å²) in [5.74, 6) is -0.441. The molecule has 6 heteroatoms. The maximum atomic E-state index is 12.1. The lowest BCUT2D eigenvalue weighted by Gasteiger charge is -2.13. The number of fused-ring (bicyclic) bond motifs is 1. The first-order chi connectivity index (χ1) is 9.06. The first kappa shape index (κ1) is 14.4. The van der Waals surface area contributed by atoms with Crippen molar-refractivity contribution in [2.75, 3.05) is 0 Å². The number of rotatable bonds is 2. The van der Waals surface area contributed by atoms with Crippen molar-refractivity contribution in [1.29, 1.82) is 0 Å². The van der Waals surface area contributed by atoms with E-state index in [1.165, 1.54) is 18.2 Å². The van der Waals surface area contributed by atoms with E-state index < -0.39 is 11.8 Å². The lowest BCUT2D eigenvalue weighted by atomic mass is 9.89. The standard InChI is InChI=1S/C14H13F3O3/c1-13(2,3)12(18)11-7-8-6-9(20-14(15,16)17)4-5-10(8)19-11/h4-7H,1-3H3. The predicted octanol–water partition coefficient (Wildman–Crippen LogP) is 4.56. The number of hydrogen-bond donors (Lipinski definition) is 0. The minimum atomic E-state index is -4.75. The van der Waals surface area contributed by atoms with Crippen molar-refractivity contribution in [3.8, 4) is 5.75 Å². The van der Waals surface area contributed by atoms with Gasteiger partial charge in [0.05, 0.1) is 0 Å². The molecule has 0 aliphatic rings. The molecule has 2 rings (SSSR count). The Morgan fingerprint density at radius 3 is 2.35 bits per heavy atom. The molecule has 3 nitrogen and oxygen atoms in total. The van der Waals surface area contributed by atoms with Crippen molar-refractivity contribution in [1.82, 2.24) is 0 Å². The van der Waals surface area contributed by atoms with Crippen LogP contribution in [0.4, 0.5) is 13.2 Å². The average molecular weight is 286 g/mol. The maximum Gasteiger partial charge on any atom is 0.573 e. The Bertz CT molecular complexity index is 648. The largest absolute Gasteiger partial charge is 0.573 e. The molecule has 0 saturated carbocycles. The van der Waals surface area contributed by atoms with Crippen LogP contribution in [-0.2, 0) is 0 Å². The predicted molar refractivity (Wildman–Crippen MR) is 66.7 cm³/mol. The number of alkyl halides is 3. The number of carbonyl (C=O) groups excluding carboxylic acids is 1. The Balaban J connectivity index is 2.38. The summed E-state index contributed by atoms with van der Waals surface area (Å²) in [6.45, 7) is 5.21. The van der Waals surface area contributed by atoms with Gasteiger partial charge in [0.2, 0.25) is 5.78 Å². The van der Waals surface area contributed by atoms with Crippen LogP contribution in [0.1, 0.15) is 31.3 Å². The molecule has 1 heterocycles. The second-order valence-electron chi connectivity index (χ2n) is 5.44. The van der Waals surface area contributed by atoms with Crippen LogP contribution in [0.2, 0.25) is 0 Å². The number of hydrogen-bond acceptors (Lipinski definition) is 3. The maximum absolute atomic E-state index is 12.1. The highest BCUT2D eigenvalue weighted by atomic mass is 19.4. The van der Waals surface area contributed by atoms with Gasteiger partial charge in [0.15, 0.2) is 5.76 Å². The van der Waals surface area contributed by atoms with Crippen molar-refractivity contribution in [3.63, 3.8) is 0 Å². The molecule has 0 N–H and O–H groups in total. The Labute approximate surface area is 113 Å². The summed E-state index contributed by atoms with van der Waals surface area (Å²) in [7, 11) is 0. The molecular formula is C14H13F3O3. The van der Waals surface area contributed by atoms with Gasteiger partial charge in [-0.1, -0.05) is 20.8 Å². The van der Waals surface area contributed by atoms with E-state index in [0.29, 0.717) is 11.0 Å². The molecule has 0 amide bonds. The molecule has 1 aromatic heterocycles. The fourth-order valence-corrected chi connectivity index (χ4v) is 1.70. The Morgan fingerprint density at radius 2 is 1.80 bits per heavy atom. The fourth-order valence-electron chi connectivity index (χ4n) is 1.70. The van der Waals surface area contributed by atoms with Gasteiger partial charge in [-0.15, -0.1) is 13.2 Å². The number of furan rings is 1. The Hall–Kier alpha value is -1.98. The zero-order valence-corrected chi connectivity index (χ0v) is 11.2. The molecule has 0 fully saturated rings. The Morgan fingerprint density at radius 1 is 1.15 bits per heavy atom. The molecule has 20 heavy (non-hydrogen) atoms. The van der Waals surface area contributed by atoms with Gasteiger partial charge in [-0.2, -0.15) is 0 Å². The molecule has 0 unspecified atom stereocenters. The van der Waals surface area contributed by atoms with Crippen LogP contribution in [0.3, 0.4) is 0 Å². The molecule has 0 spiro atoms. The molecular weight excluding hydrogens is 273 g/mol. The molecule has 108 valence electrons. The fraction of sp³-hybridized carbons (Fsp3) is 0.357. The van der Waals surface area contributed by atoms with E-state index in [-0.39, 0.29) is 17.3 Å². The smallest absolute Gasteiger partial charge is 0.453 e. The quantitative estimate of drug-likeness (QED) is 0.760. The number of ether oxygens (including phenoxy) is 1. The summed E-state index contributed by atoms with van der Waals surface area (Å²) >= 11 is 0. The molecule has 0 aliphatic heterocycles. The zero-order chi connectivity index (χ0) is 15.1. The van der Waals surface area contributed by atoms with Gasteiger partial charge in [-0.3, -0.25) is 4.79 Å². The average Bonchev–Trinajstić information content (AvgIpc) is 2.67. The highest BCUT2D eigenvalue weighted by Gasteiger charge is 2.31. The molecule has 1 aromatic carbocycles. The lowest BCUT2D eigenvalue weighted by Crippen LogP contribution is -2.19. The molecule has 0 atom stereocenters. The van der Waals surface area contributed by atoms with Gasteiger partial charge in [-0.05, 0) is 24.3 Å². The third kappa shape index (κ3) is 3.12. The van der Waals surface area contributed by atoms with Crippen molar-refractivity contribution in [2.45, 2.75) is 27.1 Å². The molecule has 0 radical (unpaired) electrons. The van der Waals surface area contributed by atoms with E-state index in [1.807, 2.05) is 0 Å². The summed E-state index contributed by atoms with van der Waals surface area (Å²) in [6.07, 6.45) is -4.75. The lowest BCUT2D eigenvalue weighted by molar-refractivity contribution is -0.274. The topological polar surface area (TPSA) is 39.4 Å². The second kappa shape index (κ2) is 4.54. The minimum absolute atomic E-state index is 0.122. The van der Waals surface area contributed by atoms with Gasteiger partial charge in [0.1, 0.15) is 11.3 Å². The summed E-state index contributed by atoms with van der Waals surface area (Å²) in [5.41, 5.74) is -0.286. The highest BCUT2D eigenvalue weighted by molar-refractivity contribution is 6.00. The van der Waals surface area contributed by atoms with Crippen molar-refractivity contribution >= 4 is 16.8 Å². The number of ketones is 1. The normalized spacial score (nSPS) is 12.7. The third-order valence-electron chi connectivity index (χ3n) is 2.63. The van der Waals surface area contributed by atoms with Crippen LogP contribution < -0.4 is 4.74 Å².